The lowest BCUT2D eigenvalue weighted by Gasteiger charge is -2.26. The van der Waals surface area contributed by atoms with E-state index in [0.717, 1.165) is 17.7 Å². The number of carbonyl (C=O) groups is 4. The van der Waals surface area contributed by atoms with Crippen LogP contribution in [0.15, 0.2) is 0 Å². The molecule has 2 unspecified atom stereocenters. The first-order valence-corrected chi connectivity index (χ1v) is 6.38. The molecule has 0 spiro atoms. The average molecular weight is 283 g/mol. The van der Waals surface area contributed by atoms with Crippen LogP contribution >= 0.6 is 0 Å². The van der Waals surface area contributed by atoms with E-state index in [0.29, 0.717) is 0 Å². The first-order valence-electron chi connectivity index (χ1n) is 6.38. The highest BCUT2D eigenvalue weighted by atomic mass is 16.4. The van der Waals surface area contributed by atoms with Gasteiger partial charge in [-0.05, 0) is 25.7 Å². The highest BCUT2D eigenvalue weighted by Crippen LogP contribution is 2.39. The van der Waals surface area contributed by atoms with Gasteiger partial charge in [0, 0.05) is 7.05 Å². The predicted molar refractivity (Wildman–Crippen MR) is 66.6 cm³/mol. The monoisotopic (exact) mass is 283 g/mol. The third-order valence-electron chi connectivity index (χ3n) is 3.90. The average Bonchev–Trinajstić information content (AvgIpc) is 3.16. The number of carboxylic acid groups (broad SMARTS) is 1. The van der Waals surface area contributed by atoms with Gasteiger partial charge >= 0.3 is 12.0 Å². The highest BCUT2D eigenvalue weighted by molar-refractivity contribution is 6.06. The summed E-state index contributed by atoms with van der Waals surface area (Å²) in [5, 5.41) is 14.0. The molecule has 1 aliphatic heterocycles. The van der Waals surface area contributed by atoms with Gasteiger partial charge in [-0.1, -0.05) is 0 Å². The molecule has 8 heteroatoms. The van der Waals surface area contributed by atoms with Gasteiger partial charge in [-0.25, -0.2) is 9.59 Å². The summed E-state index contributed by atoms with van der Waals surface area (Å²) in [5.74, 6) is -2.08. The summed E-state index contributed by atoms with van der Waals surface area (Å²) in [6.45, 7) is 1.44. The maximum atomic E-state index is 11.8. The van der Waals surface area contributed by atoms with Crippen molar-refractivity contribution in [2.24, 2.45) is 5.92 Å². The number of urea groups is 1. The number of amides is 4. The number of carboxylic acids is 1. The van der Waals surface area contributed by atoms with Crippen molar-refractivity contribution in [2.45, 2.75) is 37.8 Å². The number of carbonyl (C=O) groups excluding carboxylic acids is 3. The van der Waals surface area contributed by atoms with Crippen LogP contribution in [0.3, 0.4) is 0 Å². The summed E-state index contributed by atoms with van der Waals surface area (Å²) >= 11 is 0. The molecule has 2 atom stereocenters. The SMILES string of the molecule is CN1C(=O)CC(NC(=O)NC(C)(C(=O)O)C2CC2)C1=O. The van der Waals surface area contributed by atoms with Crippen LogP contribution in [0.5, 0.6) is 0 Å². The molecule has 110 valence electrons. The molecule has 0 aromatic rings. The van der Waals surface area contributed by atoms with E-state index in [1.807, 2.05) is 0 Å². The molecule has 4 amide bonds. The summed E-state index contributed by atoms with van der Waals surface area (Å²) < 4.78 is 0. The number of imide groups is 1. The molecule has 1 heterocycles. The van der Waals surface area contributed by atoms with Gasteiger partial charge in [-0.2, -0.15) is 0 Å². The van der Waals surface area contributed by atoms with Crippen molar-refractivity contribution in [3.8, 4) is 0 Å². The van der Waals surface area contributed by atoms with E-state index < -0.39 is 29.5 Å². The van der Waals surface area contributed by atoms with Gasteiger partial charge in [0.25, 0.3) is 5.91 Å². The maximum absolute atomic E-state index is 11.8. The fourth-order valence-corrected chi connectivity index (χ4v) is 2.29. The third kappa shape index (κ3) is 2.45. The van der Waals surface area contributed by atoms with Crippen molar-refractivity contribution in [1.82, 2.24) is 15.5 Å². The van der Waals surface area contributed by atoms with E-state index in [-0.39, 0.29) is 18.2 Å². The van der Waals surface area contributed by atoms with E-state index in [4.69, 9.17) is 0 Å². The fourth-order valence-electron chi connectivity index (χ4n) is 2.29. The van der Waals surface area contributed by atoms with Crippen molar-refractivity contribution in [2.75, 3.05) is 7.05 Å². The van der Waals surface area contributed by atoms with Crippen LogP contribution < -0.4 is 10.6 Å². The Bertz CT molecular complexity index is 487. The number of likely N-dealkylation sites (tertiary alicyclic amines) is 1. The van der Waals surface area contributed by atoms with Crippen molar-refractivity contribution in [1.29, 1.82) is 0 Å². The highest BCUT2D eigenvalue weighted by Gasteiger charge is 2.49. The van der Waals surface area contributed by atoms with E-state index in [1.54, 1.807) is 0 Å². The lowest BCUT2D eigenvalue weighted by atomic mass is 9.96. The Balaban J connectivity index is 1.97. The Hall–Kier alpha value is -2.12. The summed E-state index contributed by atoms with van der Waals surface area (Å²) in [6, 6.07) is -1.67. The normalized spacial score (nSPS) is 25.3. The molecule has 8 nitrogen and oxygen atoms in total. The minimum atomic E-state index is -1.35. The molecule has 0 bridgehead atoms. The Labute approximate surface area is 115 Å². The summed E-state index contributed by atoms with van der Waals surface area (Å²) in [5.41, 5.74) is -1.35. The Morgan fingerprint density at radius 3 is 2.35 bits per heavy atom. The van der Waals surface area contributed by atoms with Crippen molar-refractivity contribution in [3.63, 3.8) is 0 Å². The van der Waals surface area contributed by atoms with Gasteiger partial charge in [0.1, 0.15) is 11.6 Å². The van der Waals surface area contributed by atoms with Crippen LogP contribution in [0.4, 0.5) is 4.79 Å². The van der Waals surface area contributed by atoms with E-state index in [1.165, 1.54) is 14.0 Å². The standard InChI is InChI=1S/C12H17N3O5/c1-12(10(18)19,6-3-4-6)14-11(20)13-7-5-8(16)15(2)9(7)17/h6-7H,3-5H2,1-2H3,(H,18,19)(H2,13,14,20). The van der Waals surface area contributed by atoms with Crippen LogP contribution in [-0.2, 0) is 14.4 Å². The lowest BCUT2D eigenvalue weighted by molar-refractivity contribution is -0.144. The number of aliphatic carboxylic acids is 1. The van der Waals surface area contributed by atoms with Gasteiger partial charge in [-0.3, -0.25) is 14.5 Å². The molecule has 1 saturated carbocycles. The number of hydrogen-bond donors (Lipinski definition) is 3. The second-order valence-corrected chi connectivity index (χ2v) is 5.43. The topological polar surface area (TPSA) is 116 Å². The molecule has 1 saturated heterocycles. The first-order chi connectivity index (χ1) is 9.25. The molecule has 0 aromatic carbocycles. The molecule has 0 aromatic heterocycles. The number of nitrogens with zero attached hydrogens (tertiary/aromatic N) is 1. The summed E-state index contributed by atoms with van der Waals surface area (Å²) in [7, 11) is 1.34. The van der Waals surface area contributed by atoms with E-state index in [9.17, 15) is 24.3 Å². The third-order valence-corrected chi connectivity index (χ3v) is 3.90. The molecular formula is C12H17N3O5. The van der Waals surface area contributed by atoms with Crippen LogP contribution in [0.2, 0.25) is 0 Å². The minimum absolute atomic E-state index is 0.101. The number of hydrogen-bond acceptors (Lipinski definition) is 4. The fraction of sp³-hybridized carbons (Fsp3) is 0.667. The van der Waals surface area contributed by atoms with Crippen molar-refractivity contribution in [3.05, 3.63) is 0 Å². The molecule has 3 N–H and O–H groups in total. The molecule has 1 aliphatic carbocycles. The molecule has 0 radical (unpaired) electrons. The van der Waals surface area contributed by atoms with Crippen molar-refractivity contribution >= 4 is 23.8 Å². The van der Waals surface area contributed by atoms with Crippen LogP contribution in [0.1, 0.15) is 26.2 Å². The maximum Gasteiger partial charge on any atom is 0.329 e. The van der Waals surface area contributed by atoms with Gasteiger partial charge in [0.15, 0.2) is 0 Å². The molecular weight excluding hydrogens is 266 g/mol. The Morgan fingerprint density at radius 1 is 1.35 bits per heavy atom. The zero-order valence-electron chi connectivity index (χ0n) is 11.3. The second kappa shape index (κ2) is 4.77. The van der Waals surface area contributed by atoms with Gasteiger partial charge in [-0.15, -0.1) is 0 Å². The second-order valence-electron chi connectivity index (χ2n) is 5.43. The largest absolute Gasteiger partial charge is 0.480 e. The number of rotatable bonds is 4. The van der Waals surface area contributed by atoms with E-state index >= 15 is 0 Å². The predicted octanol–water partition coefficient (Wildman–Crippen LogP) is -0.704. The van der Waals surface area contributed by atoms with Crippen LogP contribution in [-0.4, -0.2) is 52.4 Å². The number of nitrogens with one attached hydrogen (secondary N) is 2. The van der Waals surface area contributed by atoms with Crippen molar-refractivity contribution < 1.29 is 24.3 Å². The van der Waals surface area contributed by atoms with E-state index in [2.05, 4.69) is 10.6 Å². The Kier molecular flexibility index (Phi) is 3.41. The minimum Gasteiger partial charge on any atom is -0.480 e. The summed E-state index contributed by atoms with van der Waals surface area (Å²) in [6.07, 6.45) is 1.38. The van der Waals surface area contributed by atoms with Gasteiger partial charge < -0.3 is 15.7 Å². The molecule has 20 heavy (non-hydrogen) atoms. The lowest BCUT2D eigenvalue weighted by Crippen LogP contribution is -2.58. The molecule has 2 aliphatic rings. The smallest absolute Gasteiger partial charge is 0.329 e. The molecule has 2 rings (SSSR count). The molecule has 2 fully saturated rings. The first kappa shape index (κ1) is 14.3. The zero-order valence-corrected chi connectivity index (χ0v) is 11.3. The van der Waals surface area contributed by atoms with Gasteiger partial charge in [0.2, 0.25) is 5.91 Å². The van der Waals surface area contributed by atoms with Crippen LogP contribution in [0, 0.1) is 5.92 Å². The quantitative estimate of drug-likeness (QED) is 0.590. The number of likely N-dealkylation sites (N-methyl/N-ethyl adjacent to an activating group) is 1. The van der Waals surface area contributed by atoms with Gasteiger partial charge in [0.05, 0.1) is 6.42 Å². The summed E-state index contributed by atoms with van der Waals surface area (Å²) in [4.78, 5) is 47.0. The van der Waals surface area contributed by atoms with Crippen LogP contribution in [0.25, 0.3) is 0 Å². The zero-order chi connectivity index (χ0) is 15.1. The Morgan fingerprint density at radius 2 is 1.95 bits per heavy atom.